The molecule has 0 bridgehead atoms. The second-order valence-corrected chi connectivity index (χ2v) is 5.83. The molecule has 2 aromatic rings. The number of hydrogen-bond acceptors (Lipinski definition) is 2. The largest absolute Gasteiger partial charge is 0.478 e. The number of aryl methyl sites for hydroxylation is 1. The Bertz CT molecular complexity index is 722. The second-order valence-electron chi connectivity index (χ2n) is 5.83. The average molecular weight is 312 g/mol. The normalized spacial score (nSPS) is 14.9. The number of benzene rings is 1. The van der Waals surface area contributed by atoms with Crippen LogP contribution in [0.1, 0.15) is 34.5 Å². The van der Waals surface area contributed by atoms with E-state index in [1.54, 1.807) is 18.2 Å². The number of allylic oxidation sites excluding steroid dienone is 2. The number of aromatic nitrogens is 1. The van der Waals surface area contributed by atoms with E-state index in [1.165, 1.54) is 25.9 Å². The van der Waals surface area contributed by atoms with Crippen LogP contribution in [0, 0.1) is 6.92 Å². The van der Waals surface area contributed by atoms with Crippen molar-refractivity contribution >= 4 is 22.9 Å². The number of rotatable bonds is 3. The number of carbonyl (C=O) groups is 1. The monoisotopic (exact) mass is 312 g/mol. The minimum atomic E-state index is -0.915. The number of hydrogen-bond donors (Lipinski definition) is 2. The van der Waals surface area contributed by atoms with E-state index in [-0.39, 0.29) is 5.56 Å². The fourth-order valence-corrected chi connectivity index (χ4v) is 2.74. The molecule has 0 unspecified atom stereocenters. The lowest BCUT2D eigenvalue weighted by Gasteiger charge is -2.01. The third-order valence-corrected chi connectivity index (χ3v) is 4.01. The number of aromatic carboxylic acids is 1. The third kappa shape index (κ3) is 4.33. The van der Waals surface area contributed by atoms with Gasteiger partial charge in [0.15, 0.2) is 0 Å². The molecule has 1 aromatic carbocycles. The van der Waals surface area contributed by atoms with Crippen molar-refractivity contribution in [3.63, 3.8) is 0 Å². The van der Waals surface area contributed by atoms with Gasteiger partial charge in [-0.1, -0.05) is 30.9 Å². The van der Waals surface area contributed by atoms with Gasteiger partial charge in [-0.05, 0) is 52.0 Å². The highest BCUT2D eigenvalue weighted by Gasteiger charge is 2.09. The number of likely N-dealkylation sites (tertiary alicyclic amines) is 1. The van der Waals surface area contributed by atoms with Crippen molar-refractivity contribution in [2.45, 2.75) is 19.8 Å². The van der Waals surface area contributed by atoms with Crippen molar-refractivity contribution in [3.05, 3.63) is 53.8 Å². The zero-order valence-corrected chi connectivity index (χ0v) is 13.8. The summed E-state index contributed by atoms with van der Waals surface area (Å²) in [4.78, 5) is 16.4. The molecular formula is C19H24N2O2. The molecule has 122 valence electrons. The molecule has 23 heavy (non-hydrogen) atoms. The Morgan fingerprint density at radius 1 is 1.35 bits per heavy atom. The van der Waals surface area contributed by atoms with Crippen LogP contribution >= 0.6 is 0 Å². The lowest BCUT2D eigenvalue weighted by Crippen LogP contribution is -2.10. The summed E-state index contributed by atoms with van der Waals surface area (Å²) in [5, 5.41) is 9.94. The van der Waals surface area contributed by atoms with E-state index in [0.717, 1.165) is 22.2 Å². The first-order valence-electron chi connectivity index (χ1n) is 7.86. The third-order valence-electron chi connectivity index (χ3n) is 4.01. The fourth-order valence-electron chi connectivity index (χ4n) is 2.74. The van der Waals surface area contributed by atoms with Crippen LogP contribution < -0.4 is 0 Å². The predicted molar refractivity (Wildman–Crippen MR) is 96.0 cm³/mol. The number of nitrogens with one attached hydrogen (secondary N) is 1. The number of carboxylic acids is 1. The molecule has 1 aromatic heterocycles. The highest BCUT2D eigenvalue weighted by molar-refractivity contribution is 5.97. The molecule has 1 saturated heterocycles. The Kier molecular flexibility index (Phi) is 5.77. The van der Waals surface area contributed by atoms with Crippen molar-refractivity contribution in [3.8, 4) is 0 Å². The fraction of sp³-hybridized carbons (Fsp3) is 0.316. The van der Waals surface area contributed by atoms with Gasteiger partial charge in [0.25, 0.3) is 0 Å². The van der Waals surface area contributed by atoms with E-state index in [9.17, 15) is 4.79 Å². The molecule has 2 heterocycles. The minimum Gasteiger partial charge on any atom is -0.478 e. The molecule has 0 saturated carbocycles. The van der Waals surface area contributed by atoms with Crippen LogP contribution in [0.2, 0.25) is 0 Å². The molecule has 1 aliphatic rings. The Morgan fingerprint density at radius 2 is 2.04 bits per heavy atom. The maximum atomic E-state index is 10.9. The Morgan fingerprint density at radius 3 is 2.57 bits per heavy atom. The van der Waals surface area contributed by atoms with Crippen LogP contribution in [0.3, 0.4) is 0 Å². The molecule has 1 aliphatic heterocycles. The molecule has 4 heteroatoms. The summed E-state index contributed by atoms with van der Waals surface area (Å²) in [6, 6.07) is 5.09. The second kappa shape index (κ2) is 7.79. The molecular weight excluding hydrogens is 288 g/mol. The van der Waals surface area contributed by atoms with Crippen LogP contribution in [0.4, 0.5) is 0 Å². The minimum absolute atomic E-state index is 0.290. The van der Waals surface area contributed by atoms with Gasteiger partial charge in [-0.25, -0.2) is 4.79 Å². The number of carboxylic acid groups (broad SMARTS) is 1. The summed E-state index contributed by atoms with van der Waals surface area (Å²) in [6.07, 6.45) is 8.36. The number of aromatic amines is 1. The zero-order chi connectivity index (χ0) is 16.8. The summed E-state index contributed by atoms with van der Waals surface area (Å²) in [5.74, 6) is -0.915. The average Bonchev–Trinajstić information content (AvgIpc) is 3.11. The summed E-state index contributed by atoms with van der Waals surface area (Å²) in [5.41, 5.74) is 3.21. The van der Waals surface area contributed by atoms with Gasteiger partial charge in [-0.3, -0.25) is 0 Å². The van der Waals surface area contributed by atoms with E-state index < -0.39 is 5.97 Å². The lowest BCUT2D eigenvalue weighted by atomic mass is 10.1. The van der Waals surface area contributed by atoms with Crippen molar-refractivity contribution in [1.29, 1.82) is 0 Å². The molecule has 0 amide bonds. The van der Waals surface area contributed by atoms with Gasteiger partial charge in [0, 0.05) is 22.2 Å². The highest BCUT2D eigenvalue weighted by Crippen LogP contribution is 2.24. The molecule has 0 spiro atoms. The van der Waals surface area contributed by atoms with Crippen molar-refractivity contribution in [2.75, 3.05) is 20.1 Å². The van der Waals surface area contributed by atoms with E-state index in [0.29, 0.717) is 0 Å². The summed E-state index contributed by atoms with van der Waals surface area (Å²) in [7, 11) is 2.17. The van der Waals surface area contributed by atoms with Gasteiger partial charge in [-0.15, -0.1) is 0 Å². The SMILES string of the molecule is C=C/C=C\c1c(C)[nH]c2cc(C(=O)O)ccc12.CN1CCCC1. The zero-order valence-electron chi connectivity index (χ0n) is 13.8. The van der Waals surface area contributed by atoms with E-state index in [2.05, 4.69) is 23.5 Å². The van der Waals surface area contributed by atoms with Crippen LogP contribution in [-0.4, -0.2) is 41.1 Å². The number of nitrogens with zero attached hydrogens (tertiary/aromatic N) is 1. The molecule has 0 radical (unpaired) electrons. The van der Waals surface area contributed by atoms with Gasteiger partial charge in [-0.2, -0.15) is 0 Å². The topological polar surface area (TPSA) is 56.3 Å². The van der Waals surface area contributed by atoms with Gasteiger partial charge >= 0.3 is 5.97 Å². The summed E-state index contributed by atoms with van der Waals surface area (Å²) in [6.45, 7) is 8.23. The molecule has 4 nitrogen and oxygen atoms in total. The predicted octanol–water partition coefficient (Wildman–Crippen LogP) is 4.09. The number of H-pyrrole nitrogens is 1. The van der Waals surface area contributed by atoms with Gasteiger partial charge < -0.3 is 15.0 Å². The number of fused-ring (bicyclic) bond motifs is 1. The van der Waals surface area contributed by atoms with Gasteiger partial charge in [0.2, 0.25) is 0 Å². The highest BCUT2D eigenvalue weighted by atomic mass is 16.4. The molecule has 2 N–H and O–H groups in total. The van der Waals surface area contributed by atoms with E-state index in [4.69, 9.17) is 5.11 Å². The first-order valence-corrected chi connectivity index (χ1v) is 7.86. The Hall–Kier alpha value is -2.33. The Balaban J connectivity index is 0.000000268. The van der Waals surface area contributed by atoms with Crippen molar-refractivity contribution in [2.24, 2.45) is 0 Å². The molecule has 0 aliphatic carbocycles. The lowest BCUT2D eigenvalue weighted by molar-refractivity contribution is 0.0697. The van der Waals surface area contributed by atoms with Crippen molar-refractivity contribution in [1.82, 2.24) is 9.88 Å². The van der Waals surface area contributed by atoms with Crippen LogP contribution in [0.25, 0.3) is 17.0 Å². The van der Waals surface area contributed by atoms with Gasteiger partial charge in [0.05, 0.1) is 5.56 Å². The van der Waals surface area contributed by atoms with Crippen LogP contribution in [-0.2, 0) is 0 Å². The van der Waals surface area contributed by atoms with E-state index >= 15 is 0 Å². The maximum absolute atomic E-state index is 10.9. The van der Waals surface area contributed by atoms with Crippen LogP contribution in [0.5, 0.6) is 0 Å². The quantitative estimate of drug-likeness (QED) is 0.839. The van der Waals surface area contributed by atoms with E-state index in [1.807, 2.05) is 25.1 Å². The van der Waals surface area contributed by atoms with Crippen molar-refractivity contribution < 1.29 is 9.90 Å². The molecule has 1 fully saturated rings. The van der Waals surface area contributed by atoms with Crippen LogP contribution in [0.15, 0.2) is 36.9 Å². The summed E-state index contributed by atoms with van der Waals surface area (Å²) >= 11 is 0. The van der Waals surface area contributed by atoms with Gasteiger partial charge in [0.1, 0.15) is 0 Å². The molecule has 3 rings (SSSR count). The molecule has 0 atom stereocenters. The Labute approximate surface area is 137 Å². The summed E-state index contributed by atoms with van der Waals surface area (Å²) < 4.78 is 0. The first-order chi connectivity index (χ1) is 11.0. The standard InChI is InChI=1S/C14H13NO2.C5H11N/c1-3-4-5-11-9(2)15-13-8-10(14(16)17)6-7-12(11)13;1-6-4-2-3-5-6/h3-8,15H,1H2,2H3,(H,16,17);2-5H2,1H3/b5-4-;. The smallest absolute Gasteiger partial charge is 0.335 e. The maximum Gasteiger partial charge on any atom is 0.335 e. The first kappa shape index (κ1) is 17.0.